The third-order valence-electron chi connectivity index (χ3n) is 3.65. The zero-order valence-corrected chi connectivity index (χ0v) is 13.7. The Kier molecular flexibility index (Phi) is 5.60. The van der Waals surface area contributed by atoms with Gasteiger partial charge in [-0.15, -0.1) is 0 Å². The number of hydrogen-bond acceptors (Lipinski definition) is 3. The van der Waals surface area contributed by atoms with Crippen LogP contribution in [0.3, 0.4) is 0 Å². The lowest BCUT2D eigenvalue weighted by molar-refractivity contribution is 0.281. The van der Waals surface area contributed by atoms with Crippen molar-refractivity contribution in [2.45, 2.75) is 56.1 Å². The number of hydrogen-bond donors (Lipinski definition) is 2. The summed E-state index contributed by atoms with van der Waals surface area (Å²) in [7, 11) is -3.51. The van der Waals surface area contributed by atoms with E-state index in [1.165, 1.54) is 18.9 Å². The van der Waals surface area contributed by atoms with Gasteiger partial charge in [0.2, 0.25) is 10.0 Å². The molecule has 0 amide bonds. The van der Waals surface area contributed by atoms with Crippen molar-refractivity contribution in [1.29, 1.82) is 0 Å². The number of sulfonamides is 1. The molecule has 1 aliphatic carbocycles. The minimum Gasteiger partial charge on any atom is -0.392 e. The van der Waals surface area contributed by atoms with E-state index < -0.39 is 10.0 Å². The van der Waals surface area contributed by atoms with Crippen LogP contribution in [0, 0.1) is 0 Å². The Morgan fingerprint density at radius 2 is 1.85 bits per heavy atom. The Bertz CT molecular complexity index is 552. The minimum atomic E-state index is -3.51. The summed E-state index contributed by atoms with van der Waals surface area (Å²) in [6, 6.07) is 4.84. The third-order valence-corrected chi connectivity index (χ3v) is 6.14. The molecule has 0 unspecified atom stereocenters. The molecule has 0 aliphatic heterocycles. The highest BCUT2D eigenvalue weighted by atomic mass is 79.9. The van der Waals surface area contributed by atoms with E-state index in [1.807, 2.05) is 0 Å². The van der Waals surface area contributed by atoms with Gasteiger partial charge in [-0.05, 0) is 46.5 Å². The van der Waals surface area contributed by atoms with E-state index in [9.17, 15) is 8.42 Å². The third kappa shape index (κ3) is 4.04. The molecule has 0 aromatic heterocycles. The molecular weight excluding hydrogens is 342 g/mol. The molecule has 0 heterocycles. The van der Waals surface area contributed by atoms with Gasteiger partial charge in [-0.3, -0.25) is 0 Å². The van der Waals surface area contributed by atoms with Gasteiger partial charge in [0, 0.05) is 10.5 Å². The van der Waals surface area contributed by atoms with Gasteiger partial charge in [0.15, 0.2) is 0 Å². The topological polar surface area (TPSA) is 66.4 Å². The van der Waals surface area contributed by atoms with Crippen molar-refractivity contribution in [3.8, 4) is 0 Å². The molecule has 1 saturated carbocycles. The zero-order chi connectivity index (χ0) is 14.6. The molecule has 1 aliphatic rings. The fourth-order valence-corrected chi connectivity index (χ4v) is 4.97. The second-order valence-corrected chi connectivity index (χ2v) is 7.77. The number of nitrogens with one attached hydrogen (secondary N) is 1. The smallest absolute Gasteiger partial charge is 0.241 e. The Morgan fingerprint density at radius 1 is 1.20 bits per heavy atom. The molecule has 1 aromatic carbocycles. The van der Waals surface area contributed by atoms with Crippen LogP contribution in [0.1, 0.15) is 44.1 Å². The van der Waals surface area contributed by atoms with Gasteiger partial charge in [0.05, 0.1) is 11.5 Å². The fraction of sp³-hybridized carbons (Fsp3) is 0.571. The maximum absolute atomic E-state index is 12.4. The first-order valence-electron chi connectivity index (χ1n) is 6.94. The van der Waals surface area contributed by atoms with Gasteiger partial charge in [-0.1, -0.05) is 31.7 Å². The summed E-state index contributed by atoms with van der Waals surface area (Å²) in [5.74, 6) is 0. The van der Waals surface area contributed by atoms with Crippen LogP contribution < -0.4 is 4.72 Å². The highest BCUT2D eigenvalue weighted by Gasteiger charge is 2.23. The van der Waals surface area contributed by atoms with Crippen molar-refractivity contribution in [2.75, 3.05) is 0 Å². The predicted molar refractivity (Wildman–Crippen MR) is 81.9 cm³/mol. The van der Waals surface area contributed by atoms with Crippen LogP contribution in [0.5, 0.6) is 0 Å². The normalized spacial score (nSPS) is 17.9. The van der Waals surface area contributed by atoms with Crippen LogP contribution in [-0.2, 0) is 16.6 Å². The van der Waals surface area contributed by atoms with E-state index in [1.54, 1.807) is 12.1 Å². The Morgan fingerprint density at radius 3 is 2.40 bits per heavy atom. The predicted octanol–water partition coefficient (Wildman–Crippen LogP) is 2.94. The molecule has 0 spiro atoms. The van der Waals surface area contributed by atoms with Crippen molar-refractivity contribution >= 4 is 26.0 Å². The van der Waals surface area contributed by atoms with Gasteiger partial charge >= 0.3 is 0 Å². The monoisotopic (exact) mass is 361 g/mol. The molecule has 0 saturated heterocycles. The van der Waals surface area contributed by atoms with Crippen LogP contribution in [0.4, 0.5) is 0 Å². The van der Waals surface area contributed by atoms with Crippen molar-refractivity contribution in [1.82, 2.24) is 4.72 Å². The maximum Gasteiger partial charge on any atom is 0.241 e. The molecule has 0 atom stereocenters. The van der Waals surface area contributed by atoms with Crippen LogP contribution in [0.25, 0.3) is 0 Å². The molecular formula is C14H20BrNO3S. The largest absolute Gasteiger partial charge is 0.392 e. The summed E-state index contributed by atoms with van der Waals surface area (Å²) in [5, 5.41) is 9.06. The average molecular weight is 362 g/mol. The Hall–Kier alpha value is -0.430. The number of rotatable bonds is 4. The van der Waals surface area contributed by atoms with Crippen molar-refractivity contribution in [3.63, 3.8) is 0 Å². The summed E-state index contributed by atoms with van der Waals surface area (Å²) in [5.41, 5.74) is 0.685. The molecule has 0 bridgehead atoms. The quantitative estimate of drug-likeness (QED) is 0.810. The lowest BCUT2D eigenvalue weighted by Gasteiger charge is -2.17. The zero-order valence-electron chi connectivity index (χ0n) is 11.3. The first-order valence-corrected chi connectivity index (χ1v) is 9.22. The van der Waals surface area contributed by atoms with Gasteiger partial charge in [0.25, 0.3) is 0 Å². The first-order chi connectivity index (χ1) is 9.53. The SMILES string of the molecule is O=S(=O)(NC1CCCCCC1)c1ccc(CO)cc1Br. The van der Waals surface area contributed by atoms with Gasteiger partial charge < -0.3 is 5.11 Å². The summed E-state index contributed by atoms with van der Waals surface area (Å²) in [6.07, 6.45) is 6.35. The van der Waals surface area contributed by atoms with Crippen LogP contribution in [0.15, 0.2) is 27.6 Å². The van der Waals surface area contributed by atoms with Crippen molar-refractivity contribution in [2.24, 2.45) is 0 Å². The van der Waals surface area contributed by atoms with Gasteiger partial charge in [-0.25, -0.2) is 13.1 Å². The molecule has 20 heavy (non-hydrogen) atoms. The van der Waals surface area contributed by atoms with E-state index in [4.69, 9.17) is 5.11 Å². The summed E-state index contributed by atoms with van der Waals surface area (Å²) in [6.45, 7) is -0.102. The molecule has 0 radical (unpaired) electrons. The van der Waals surface area contributed by atoms with Crippen molar-refractivity contribution in [3.05, 3.63) is 28.2 Å². The summed E-state index contributed by atoms with van der Waals surface area (Å²) >= 11 is 3.27. The van der Waals surface area contributed by atoms with Gasteiger partial charge in [0.1, 0.15) is 0 Å². The van der Waals surface area contributed by atoms with Crippen LogP contribution >= 0.6 is 15.9 Å². The molecule has 2 rings (SSSR count). The summed E-state index contributed by atoms with van der Waals surface area (Å²) in [4.78, 5) is 0.235. The molecule has 4 nitrogen and oxygen atoms in total. The van der Waals surface area contributed by atoms with Gasteiger partial charge in [-0.2, -0.15) is 0 Å². The highest BCUT2D eigenvalue weighted by Crippen LogP contribution is 2.25. The van der Waals surface area contributed by atoms with E-state index in [-0.39, 0.29) is 17.5 Å². The second kappa shape index (κ2) is 7.02. The molecule has 6 heteroatoms. The number of halogens is 1. The van der Waals surface area contributed by atoms with E-state index in [2.05, 4.69) is 20.7 Å². The van der Waals surface area contributed by atoms with Crippen LogP contribution in [0.2, 0.25) is 0 Å². The maximum atomic E-state index is 12.4. The standard InChI is InChI=1S/C14H20BrNO3S/c15-13-9-11(10-17)7-8-14(13)20(18,19)16-12-5-3-1-2-4-6-12/h7-9,12,16-17H,1-6,10H2. The molecule has 112 valence electrons. The van der Waals surface area contributed by atoms with E-state index >= 15 is 0 Å². The lowest BCUT2D eigenvalue weighted by atomic mass is 10.1. The van der Waals surface area contributed by atoms with Crippen molar-refractivity contribution < 1.29 is 13.5 Å². The Labute approximate surface area is 128 Å². The lowest BCUT2D eigenvalue weighted by Crippen LogP contribution is -2.34. The summed E-state index contributed by atoms with van der Waals surface area (Å²) < 4.78 is 28.2. The molecule has 2 N–H and O–H groups in total. The average Bonchev–Trinajstić information content (AvgIpc) is 2.66. The van der Waals surface area contributed by atoms with E-state index in [0.29, 0.717) is 10.0 Å². The first kappa shape index (κ1) is 15.9. The molecule has 1 aromatic rings. The second-order valence-electron chi connectivity index (χ2n) is 5.23. The highest BCUT2D eigenvalue weighted by molar-refractivity contribution is 9.10. The molecule has 1 fully saturated rings. The number of benzene rings is 1. The fourth-order valence-electron chi connectivity index (χ4n) is 2.54. The number of aliphatic hydroxyl groups is 1. The minimum absolute atomic E-state index is 0.0342. The van der Waals surface area contributed by atoms with Crippen LogP contribution in [-0.4, -0.2) is 19.6 Å². The number of aliphatic hydroxyl groups excluding tert-OH is 1. The van der Waals surface area contributed by atoms with E-state index in [0.717, 1.165) is 25.7 Å². The Balaban J connectivity index is 2.17.